The van der Waals surface area contributed by atoms with E-state index < -0.39 is 17.5 Å². The Labute approximate surface area is 166 Å². The molecule has 0 atom stereocenters. The van der Waals surface area contributed by atoms with Gasteiger partial charge < -0.3 is 15.6 Å². The molecule has 0 bridgehead atoms. The maximum Gasteiger partial charge on any atom is 0.254 e. The van der Waals surface area contributed by atoms with Crippen LogP contribution < -0.4 is 10.6 Å². The first-order valence-electron chi connectivity index (χ1n) is 9.48. The number of aromatic nitrogens is 2. The van der Waals surface area contributed by atoms with Gasteiger partial charge in [0.2, 0.25) is 5.91 Å². The number of nitrogens with one attached hydrogen (secondary N) is 3. The van der Waals surface area contributed by atoms with Gasteiger partial charge in [-0.15, -0.1) is 0 Å². The molecule has 3 N–H and O–H groups in total. The molecular weight excluding hydrogens is 378 g/mol. The molecule has 8 heteroatoms. The van der Waals surface area contributed by atoms with Gasteiger partial charge in [-0.3, -0.25) is 9.59 Å². The summed E-state index contributed by atoms with van der Waals surface area (Å²) >= 11 is 0. The van der Waals surface area contributed by atoms with Gasteiger partial charge in [0, 0.05) is 31.1 Å². The lowest BCUT2D eigenvalue weighted by atomic mass is 10.2. The second-order valence-electron chi connectivity index (χ2n) is 6.70. The summed E-state index contributed by atoms with van der Waals surface area (Å²) in [6, 6.07) is 8.11. The molecule has 3 rings (SSSR count). The van der Waals surface area contributed by atoms with Gasteiger partial charge in [-0.25, -0.2) is 13.8 Å². The van der Waals surface area contributed by atoms with Gasteiger partial charge in [0.05, 0.1) is 16.6 Å². The van der Waals surface area contributed by atoms with Crippen LogP contribution >= 0.6 is 0 Å². The van der Waals surface area contributed by atoms with Crippen LogP contribution in [0.2, 0.25) is 0 Å². The Morgan fingerprint density at radius 3 is 2.72 bits per heavy atom. The van der Waals surface area contributed by atoms with Gasteiger partial charge in [0.15, 0.2) is 0 Å². The number of unbranched alkanes of at least 4 members (excludes halogenated alkanes) is 1. The predicted octanol–water partition coefficient (Wildman–Crippen LogP) is 3.94. The normalized spacial score (nSPS) is 10.9. The van der Waals surface area contributed by atoms with Crippen LogP contribution in [0.1, 0.15) is 42.4 Å². The molecule has 0 unspecified atom stereocenters. The number of halogens is 2. The minimum Gasteiger partial charge on any atom is -0.351 e. The van der Waals surface area contributed by atoms with Crippen LogP contribution in [-0.2, 0) is 11.2 Å². The van der Waals surface area contributed by atoms with Crippen LogP contribution in [-0.4, -0.2) is 28.3 Å². The van der Waals surface area contributed by atoms with E-state index in [0.29, 0.717) is 11.8 Å². The van der Waals surface area contributed by atoms with E-state index in [0.717, 1.165) is 48.3 Å². The summed E-state index contributed by atoms with van der Waals surface area (Å²) in [7, 11) is 0. The lowest BCUT2D eigenvalue weighted by Crippen LogP contribution is -2.28. The van der Waals surface area contributed by atoms with Crippen molar-refractivity contribution in [3.8, 4) is 0 Å². The summed E-state index contributed by atoms with van der Waals surface area (Å²) in [5, 5.41) is 5.21. The van der Waals surface area contributed by atoms with Gasteiger partial charge in [0.1, 0.15) is 17.5 Å². The highest BCUT2D eigenvalue weighted by Crippen LogP contribution is 2.18. The van der Waals surface area contributed by atoms with Crippen molar-refractivity contribution in [3.63, 3.8) is 0 Å². The fourth-order valence-electron chi connectivity index (χ4n) is 2.88. The molecule has 0 aliphatic rings. The quantitative estimate of drug-likeness (QED) is 0.535. The Kier molecular flexibility index (Phi) is 6.54. The smallest absolute Gasteiger partial charge is 0.254 e. The third-order valence-electron chi connectivity index (χ3n) is 4.40. The van der Waals surface area contributed by atoms with Crippen molar-refractivity contribution in [2.75, 3.05) is 11.9 Å². The van der Waals surface area contributed by atoms with E-state index in [2.05, 4.69) is 27.5 Å². The average molecular weight is 400 g/mol. The second kappa shape index (κ2) is 9.27. The molecule has 0 spiro atoms. The highest BCUT2D eigenvalue weighted by Gasteiger charge is 2.13. The van der Waals surface area contributed by atoms with Gasteiger partial charge in [0.25, 0.3) is 5.91 Å². The Balaban J connectivity index is 1.51. The highest BCUT2D eigenvalue weighted by molar-refractivity contribution is 5.96. The monoisotopic (exact) mass is 400 g/mol. The summed E-state index contributed by atoms with van der Waals surface area (Å²) in [5.41, 5.74) is 2.02. The number of H-pyrrole nitrogens is 1. The van der Waals surface area contributed by atoms with E-state index >= 15 is 0 Å². The molecule has 0 aliphatic carbocycles. The SMILES string of the molecule is CCCCc1nc2ccc(NC(=O)CCNC(=O)c3ccc(F)cc3F)cc2[nH]1. The topological polar surface area (TPSA) is 86.9 Å². The van der Waals surface area contributed by atoms with E-state index in [4.69, 9.17) is 0 Å². The largest absolute Gasteiger partial charge is 0.351 e. The Morgan fingerprint density at radius 1 is 1.14 bits per heavy atom. The van der Waals surface area contributed by atoms with Crippen LogP contribution in [0.3, 0.4) is 0 Å². The zero-order valence-electron chi connectivity index (χ0n) is 16.0. The number of carbonyl (C=O) groups is 2. The molecule has 0 fully saturated rings. The lowest BCUT2D eigenvalue weighted by molar-refractivity contribution is -0.116. The molecule has 152 valence electrons. The van der Waals surface area contributed by atoms with E-state index in [9.17, 15) is 18.4 Å². The first kappa shape index (κ1) is 20.4. The number of aryl methyl sites for hydroxylation is 1. The molecule has 0 radical (unpaired) electrons. The molecule has 0 saturated heterocycles. The average Bonchev–Trinajstić information content (AvgIpc) is 3.08. The standard InChI is InChI=1S/C21H22F2N4O2/c1-2-3-4-19-26-17-8-6-14(12-18(17)27-19)25-20(28)9-10-24-21(29)15-7-5-13(22)11-16(15)23/h5-8,11-12H,2-4,9-10H2,1H3,(H,24,29)(H,25,28)(H,26,27). The number of fused-ring (bicyclic) bond motifs is 1. The molecule has 0 aliphatic heterocycles. The fourth-order valence-corrected chi connectivity index (χ4v) is 2.88. The Hall–Kier alpha value is -3.29. The molecule has 6 nitrogen and oxygen atoms in total. The highest BCUT2D eigenvalue weighted by atomic mass is 19.1. The summed E-state index contributed by atoms with van der Waals surface area (Å²) in [6.07, 6.45) is 3.03. The third-order valence-corrected chi connectivity index (χ3v) is 4.40. The predicted molar refractivity (Wildman–Crippen MR) is 107 cm³/mol. The van der Waals surface area contributed by atoms with E-state index in [-0.39, 0.29) is 24.4 Å². The third kappa shape index (κ3) is 5.37. The summed E-state index contributed by atoms with van der Waals surface area (Å²) in [4.78, 5) is 31.8. The molecule has 3 aromatic rings. The number of rotatable bonds is 8. The molecule has 1 heterocycles. The van der Waals surface area contributed by atoms with Gasteiger partial charge in [-0.2, -0.15) is 0 Å². The molecular formula is C21H22F2N4O2. The molecule has 29 heavy (non-hydrogen) atoms. The number of hydrogen-bond acceptors (Lipinski definition) is 3. The van der Waals surface area contributed by atoms with Gasteiger partial charge >= 0.3 is 0 Å². The fraction of sp³-hybridized carbons (Fsp3) is 0.286. The number of anilines is 1. The van der Waals surface area contributed by atoms with Crippen molar-refractivity contribution < 1.29 is 18.4 Å². The number of carbonyl (C=O) groups excluding carboxylic acids is 2. The number of benzene rings is 2. The van der Waals surface area contributed by atoms with Crippen molar-refractivity contribution in [2.45, 2.75) is 32.6 Å². The van der Waals surface area contributed by atoms with Crippen molar-refractivity contribution in [1.29, 1.82) is 0 Å². The zero-order chi connectivity index (χ0) is 20.8. The molecule has 1 aromatic heterocycles. The molecule has 2 amide bonds. The minimum absolute atomic E-state index is 0.0112. The van der Waals surface area contributed by atoms with E-state index in [1.54, 1.807) is 6.07 Å². The number of imidazole rings is 1. The van der Waals surface area contributed by atoms with Crippen molar-refractivity contribution in [1.82, 2.24) is 15.3 Å². The summed E-state index contributed by atoms with van der Waals surface area (Å²) < 4.78 is 26.5. The number of amides is 2. The zero-order valence-corrected chi connectivity index (χ0v) is 16.0. The van der Waals surface area contributed by atoms with Crippen molar-refractivity contribution in [2.24, 2.45) is 0 Å². The molecule has 0 saturated carbocycles. The summed E-state index contributed by atoms with van der Waals surface area (Å²) in [5.74, 6) is -1.78. The molecule has 2 aromatic carbocycles. The summed E-state index contributed by atoms with van der Waals surface area (Å²) in [6.45, 7) is 2.14. The number of nitrogens with zero attached hydrogens (tertiary/aromatic N) is 1. The Morgan fingerprint density at radius 2 is 1.97 bits per heavy atom. The van der Waals surface area contributed by atoms with Crippen LogP contribution in [0.15, 0.2) is 36.4 Å². The lowest BCUT2D eigenvalue weighted by Gasteiger charge is -2.07. The van der Waals surface area contributed by atoms with Crippen LogP contribution in [0.5, 0.6) is 0 Å². The maximum absolute atomic E-state index is 13.6. The van der Waals surface area contributed by atoms with Gasteiger partial charge in [-0.1, -0.05) is 13.3 Å². The second-order valence-corrected chi connectivity index (χ2v) is 6.70. The first-order chi connectivity index (χ1) is 14.0. The first-order valence-corrected chi connectivity index (χ1v) is 9.48. The van der Waals surface area contributed by atoms with Crippen molar-refractivity contribution >= 4 is 28.5 Å². The minimum atomic E-state index is -0.946. The number of hydrogen-bond donors (Lipinski definition) is 3. The Bertz CT molecular complexity index is 1030. The van der Waals surface area contributed by atoms with E-state index in [1.807, 2.05) is 12.1 Å². The van der Waals surface area contributed by atoms with Crippen LogP contribution in [0.4, 0.5) is 14.5 Å². The number of aromatic amines is 1. The maximum atomic E-state index is 13.6. The van der Waals surface area contributed by atoms with E-state index in [1.165, 1.54) is 0 Å². The van der Waals surface area contributed by atoms with Gasteiger partial charge in [-0.05, 0) is 36.8 Å². The van der Waals surface area contributed by atoms with Crippen LogP contribution in [0.25, 0.3) is 11.0 Å². The van der Waals surface area contributed by atoms with Crippen molar-refractivity contribution in [3.05, 3.63) is 59.4 Å². The van der Waals surface area contributed by atoms with Crippen LogP contribution in [0, 0.1) is 11.6 Å².